The molecule has 0 fully saturated rings. The quantitative estimate of drug-likeness (QED) is 0.805. The van der Waals surface area contributed by atoms with E-state index in [1.165, 1.54) is 6.07 Å². The van der Waals surface area contributed by atoms with E-state index in [0.29, 0.717) is 18.5 Å². The first kappa shape index (κ1) is 17.4. The molecular weight excluding hydrogens is 317 g/mol. The van der Waals surface area contributed by atoms with Crippen LogP contribution in [0.1, 0.15) is 11.1 Å². The second-order valence-electron chi connectivity index (χ2n) is 5.15. The summed E-state index contributed by atoms with van der Waals surface area (Å²) in [6.07, 6.45) is 0.744. The van der Waals surface area contributed by atoms with Crippen molar-refractivity contribution in [2.45, 2.75) is 12.8 Å². The Morgan fingerprint density at radius 1 is 1.04 bits per heavy atom. The third kappa shape index (κ3) is 5.65. The monoisotopic (exact) mass is 337 g/mol. The first-order valence-corrected chi connectivity index (χ1v) is 8.99. The Balaban J connectivity index is 1.80. The summed E-state index contributed by atoms with van der Waals surface area (Å²) in [6.45, 7) is 0.311. The van der Waals surface area contributed by atoms with Crippen LogP contribution in [0.25, 0.3) is 0 Å². The zero-order chi connectivity index (χ0) is 16.7. The SMILES string of the molecule is COc1ccc(CCNS(=O)(=O)CCc2ccccc2F)cc1. The van der Waals surface area contributed by atoms with Crippen LogP contribution < -0.4 is 9.46 Å². The van der Waals surface area contributed by atoms with E-state index in [-0.39, 0.29) is 18.0 Å². The molecule has 0 aliphatic carbocycles. The maximum Gasteiger partial charge on any atom is 0.211 e. The molecule has 2 aromatic carbocycles. The van der Waals surface area contributed by atoms with Crippen molar-refractivity contribution < 1.29 is 17.5 Å². The maximum absolute atomic E-state index is 13.5. The number of aryl methyl sites for hydroxylation is 1. The lowest BCUT2D eigenvalue weighted by Gasteiger charge is -2.08. The number of sulfonamides is 1. The molecular formula is C17H20FNO3S. The molecule has 0 saturated carbocycles. The molecule has 0 bridgehead atoms. The molecule has 0 radical (unpaired) electrons. The molecule has 0 spiro atoms. The van der Waals surface area contributed by atoms with Crippen LogP contribution in [-0.4, -0.2) is 27.8 Å². The minimum Gasteiger partial charge on any atom is -0.497 e. The van der Waals surface area contributed by atoms with Gasteiger partial charge < -0.3 is 4.74 Å². The maximum atomic E-state index is 13.5. The van der Waals surface area contributed by atoms with Crippen LogP contribution in [0.4, 0.5) is 4.39 Å². The number of nitrogens with one attached hydrogen (secondary N) is 1. The molecule has 2 rings (SSSR count). The van der Waals surface area contributed by atoms with Crippen LogP contribution in [0.15, 0.2) is 48.5 Å². The van der Waals surface area contributed by atoms with Crippen molar-refractivity contribution in [1.29, 1.82) is 0 Å². The Bertz CT molecular complexity index is 730. The number of benzene rings is 2. The van der Waals surface area contributed by atoms with Gasteiger partial charge in [-0.05, 0) is 42.2 Å². The molecule has 1 N–H and O–H groups in total. The third-order valence-electron chi connectivity index (χ3n) is 3.49. The second kappa shape index (κ2) is 8.08. The first-order chi connectivity index (χ1) is 11.0. The molecule has 0 unspecified atom stereocenters. The zero-order valence-corrected chi connectivity index (χ0v) is 13.8. The standard InChI is InChI=1S/C17H20FNO3S/c1-22-16-8-6-14(7-9-16)10-12-19-23(20,21)13-11-15-4-2-3-5-17(15)18/h2-9,19H,10-13H2,1H3. The molecule has 0 aliphatic rings. The average molecular weight is 337 g/mol. The van der Waals surface area contributed by atoms with Gasteiger partial charge in [-0.3, -0.25) is 0 Å². The minimum absolute atomic E-state index is 0.128. The highest BCUT2D eigenvalue weighted by atomic mass is 32.2. The molecule has 0 saturated heterocycles. The molecule has 0 aromatic heterocycles. The van der Waals surface area contributed by atoms with Gasteiger partial charge in [0.15, 0.2) is 0 Å². The summed E-state index contributed by atoms with van der Waals surface area (Å²) in [4.78, 5) is 0. The molecule has 0 amide bonds. The second-order valence-corrected chi connectivity index (χ2v) is 7.08. The predicted octanol–water partition coefficient (Wildman–Crippen LogP) is 2.54. The molecule has 0 aliphatic heterocycles. The van der Waals surface area contributed by atoms with Crippen molar-refractivity contribution >= 4 is 10.0 Å². The highest BCUT2D eigenvalue weighted by molar-refractivity contribution is 7.89. The van der Waals surface area contributed by atoms with Gasteiger partial charge in [-0.15, -0.1) is 0 Å². The first-order valence-electron chi connectivity index (χ1n) is 7.34. The molecule has 4 nitrogen and oxygen atoms in total. The summed E-state index contributed by atoms with van der Waals surface area (Å²) >= 11 is 0. The van der Waals surface area contributed by atoms with E-state index < -0.39 is 10.0 Å². The van der Waals surface area contributed by atoms with Crippen LogP contribution in [0.2, 0.25) is 0 Å². The van der Waals surface area contributed by atoms with Crippen molar-refractivity contribution in [3.8, 4) is 5.75 Å². The highest BCUT2D eigenvalue weighted by Crippen LogP contribution is 2.11. The molecule has 0 atom stereocenters. The third-order valence-corrected chi connectivity index (χ3v) is 4.88. The molecule has 6 heteroatoms. The largest absolute Gasteiger partial charge is 0.497 e. The van der Waals surface area contributed by atoms with Gasteiger partial charge in [0, 0.05) is 6.54 Å². The number of methoxy groups -OCH3 is 1. The summed E-state index contributed by atoms with van der Waals surface area (Å²) in [5, 5.41) is 0. The van der Waals surface area contributed by atoms with Gasteiger partial charge in [0.25, 0.3) is 0 Å². The number of halogens is 1. The van der Waals surface area contributed by atoms with E-state index in [1.54, 1.807) is 25.3 Å². The van der Waals surface area contributed by atoms with Crippen molar-refractivity contribution in [3.05, 3.63) is 65.5 Å². The fourth-order valence-corrected chi connectivity index (χ4v) is 3.21. The van der Waals surface area contributed by atoms with Gasteiger partial charge in [0.2, 0.25) is 10.0 Å². The summed E-state index contributed by atoms with van der Waals surface area (Å²) in [5.41, 5.74) is 1.43. The number of ether oxygens (including phenoxy) is 1. The van der Waals surface area contributed by atoms with Crippen LogP contribution in [0.5, 0.6) is 5.75 Å². The number of rotatable bonds is 8. The predicted molar refractivity (Wildman–Crippen MR) is 88.6 cm³/mol. The molecule has 2 aromatic rings. The topological polar surface area (TPSA) is 55.4 Å². The van der Waals surface area contributed by atoms with Gasteiger partial charge in [-0.25, -0.2) is 17.5 Å². The van der Waals surface area contributed by atoms with Gasteiger partial charge in [-0.1, -0.05) is 30.3 Å². The molecule has 0 heterocycles. The average Bonchev–Trinajstić information content (AvgIpc) is 2.55. The summed E-state index contributed by atoms with van der Waals surface area (Å²) in [5.74, 6) is 0.261. The van der Waals surface area contributed by atoms with Crippen molar-refractivity contribution in [2.75, 3.05) is 19.4 Å². The van der Waals surface area contributed by atoms with Crippen molar-refractivity contribution in [2.24, 2.45) is 0 Å². The van der Waals surface area contributed by atoms with Crippen LogP contribution >= 0.6 is 0 Å². The minimum atomic E-state index is -3.42. The smallest absolute Gasteiger partial charge is 0.211 e. The number of hydrogen-bond acceptors (Lipinski definition) is 3. The van der Waals surface area contributed by atoms with Gasteiger partial charge in [0.05, 0.1) is 12.9 Å². The van der Waals surface area contributed by atoms with Gasteiger partial charge in [-0.2, -0.15) is 0 Å². The summed E-state index contributed by atoms with van der Waals surface area (Å²) in [6, 6.07) is 13.7. The number of hydrogen-bond donors (Lipinski definition) is 1. The van der Waals surface area contributed by atoms with Crippen molar-refractivity contribution in [3.63, 3.8) is 0 Å². The summed E-state index contributed by atoms with van der Waals surface area (Å²) in [7, 11) is -1.82. The lowest BCUT2D eigenvalue weighted by molar-refractivity contribution is 0.414. The Kier molecular flexibility index (Phi) is 6.12. The highest BCUT2D eigenvalue weighted by Gasteiger charge is 2.11. The Labute approximate surface area is 136 Å². The normalized spacial score (nSPS) is 11.4. The Morgan fingerprint density at radius 3 is 2.39 bits per heavy atom. The fraction of sp³-hybridized carbons (Fsp3) is 0.294. The van der Waals surface area contributed by atoms with E-state index in [1.807, 2.05) is 24.3 Å². The lowest BCUT2D eigenvalue weighted by Crippen LogP contribution is -2.29. The fourth-order valence-electron chi connectivity index (χ4n) is 2.16. The van der Waals surface area contributed by atoms with Crippen molar-refractivity contribution in [1.82, 2.24) is 4.72 Å². The van der Waals surface area contributed by atoms with E-state index in [2.05, 4.69) is 4.72 Å². The Morgan fingerprint density at radius 2 is 1.74 bits per heavy atom. The zero-order valence-electron chi connectivity index (χ0n) is 13.0. The van der Waals surface area contributed by atoms with Gasteiger partial charge in [0.1, 0.15) is 11.6 Å². The van der Waals surface area contributed by atoms with E-state index in [9.17, 15) is 12.8 Å². The Hall–Kier alpha value is -1.92. The van der Waals surface area contributed by atoms with Gasteiger partial charge >= 0.3 is 0 Å². The van der Waals surface area contributed by atoms with Crippen LogP contribution in [-0.2, 0) is 22.9 Å². The molecule has 23 heavy (non-hydrogen) atoms. The van der Waals surface area contributed by atoms with E-state index in [0.717, 1.165) is 11.3 Å². The van der Waals surface area contributed by atoms with E-state index in [4.69, 9.17) is 4.74 Å². The lowest BCUT2D eigenvalue weighted by atomic mass is 10.1. The van der Waals surface area contributed by atoms with Crippen LogP contribution in [0, 0.1) is 5.82 Å². The van der Waals surface area contributed by atoms with E-state index >= 15 is 0 Å². The summed E-state index contributed by atoms with van der Waals surface area (Å²) < 4.78 is 45.0. The van der Waals surface area contributed by atoms with Crippen LogP contribution in [0.3, 0.4) is 0 Å². The molecule has 124 valence electrons.